The number of furan rings is 1. The molecule has 0 aliphatic carbocycles. The van der Waals surface area contributed by atoms with E-state index < -0.39 is 0 Å². The van der Waals surface area contributed by atoms with Gasteiger partial charge in [0.1, 0.15) is 5.69 Å². The number of anilines is 1. The van der Waals surface area contributed by atoms with Crippen LogP contribution in [0.2, 0.25) is 0 Å². The van der Waals surface area contributed by atoms with Crippen LogP contribution in [-0.4, -0.2) is 14.5 Å². The van der Waals surface area contributed by atoms with Crippen molar-refractivity contribution in [3.63, 3.8) is 0 Å². The Morgan fingerprint density at radius 3 is 2.68 bits per heavy atom. The van der Waals surface area contributed by atoms with Crippen molar-refractivity contribution in [3.8, 4) is 22.6 Å². The molecule has 3 aromatic heterocycles. The van der Waals surface area contributed by atoms with E-state index in [1.54, 1.807) is 35.2 Å². The summed E-state index contributed by atoms with van der Waals surface area (Å²) in [7, 11) is 0. The zero-order valence-electron chi connectivity index (χ0n) is 15.3. The maximum Gasteiger partial charge on any atom is 0.251 e. The quantitative estimate of drug-likeness (QED) is 0.556. The average molecular weight is 372 g/mol. The maximum absolute atomic E-state index is 12.6. The van der Waals surface area contributed by atoms with Crippen molar-refractivity contribution in [2.24, 2.45) is 0 Å². The molecule has 0 bridgehead atoms. The summed E-state index contributed by atoms with van der Waals surface area (Å²) in [6.07, 6.45) is 6.83. The van der Waals surface area contributed by atoms with Gasteiger partial charge in [-0.3, -0.25) is 4.79 Å². The molecule has 0 aliphatic heterocycles. The lowest BCUT2D eigenvalue weighted by molar-refractivity contribution is 0.580. The number of aromatic nitrogens is 3. The van der Waals surface area contributed by atoms with Gasteiger partial charge in [0.05, 0.1) is 6.26 Å². The molecule has 1 aromatic carbocycles. The van der Waals surface area contributed by atoms with Crippen LogP contribution in [0.25, 0.3) is 22.6 Å². The third-order valence-corrected chi connectivity index (χ3v) is 4.58. The first-order chi connectivity index (χ1) is 13.7. The topological polar surface area (TPSA) is 86.9 Å². The van der Waals surface area contributed by atoms with Crippen LogP contribution in [0.3, 0.4) is 0 Å². The number of aryl methyl sites for hydroxylation is 2. The lowest BCUT2D eigenvalue weighted by atomic mass is 10.1. The molecule has 140 valence electrons. The zero-order chi connectivity index (χ0) is 19.3. The lowest BCUT2D eigenvalue weighted by Crippen LogP contribution is -2.19. The van der Waals surface area contributed by atoms with Gasteiger partial charge < -0.3 is 14.7 Å². The largest absolute Gasteiger partial charge is 0.463 e. The summed E-state index contributed by atoms with van der Waals surface area (Å²) in [5.41, 5.74) is 8.96. The first-order valence-electron chi connectivity index (χ1n) is 9.12. The van der Waals surface area contributed by atoms with Crippen LogP contribution in [0.5, 0.6) is 0 Å². The Kier molecular flexibility index (Phi) is 5.01. The Morgan fingerprint density at radius 1 is 1.07 bits per heavy atom. The van der Waals surface area contributed by atoms with E-state index in [9.17, 15) is 4.79 Å². The molecule has 0 amide bonds. The summed E-state index contributed by atoms with van der Waals surface area (Å²) >= 11 is 0. The molecule has 4 aromatic rings. The van der Waals surface area contributed by atoms with Crippen molar-refractivity contribution in [2.45, 2.75) is 19.4 Å². The normalized spacial score (nSPS) is 10.9. The van der Waals surface area contributed by atoms with Gasteiger partial charge in [-0.15, -0.1) is 0 Å². The maximum atomic E-state index is 12.6. The molecule has 0 atom stereocenters. The minimum absolute atomic E-state index is 0.0622. The highest BCUT2D eigenvalue weighted by atomic mass is 16.3. The number of pyridine rings is 1. The number of hydrogen-bond donors (Lipinski definition) is 1. The van der Waals surface area contributed by atoms with Crippen LogP contribution in [0.4, 0.5) is 5.95 Å². The fraction of sp³-hybridized carbons (Fsp3) is 0.136. The van der Waals surface area contributed by atoms with Crippen molar-refractivity contribution in [1.29, 1.82) is 0 Å². The summed E-state index contributed by atoms with van der Waals surface area (Å²) < 4.78 is 7.18. The van der Waals surface area contributed by atoms with Crippen molar-refractivity contribution < 1.29 is 4.42 Å². The first kappa shape index (κ1) is 17.7. The molecule has 0 saturated carbocycles. The number of nitrogen functional groups attached to an aromatic ring is 1. The molecule has 0 radical (unpaired) electrons. The molecule has 0 saturated heterocycles. The molecule has 0 fully saturated rings. The molecular formula is C22H20N4O2. The van der Waals surface area contributed by atoms with Crippen LogP contribution >= 0.6 is 0 Å². The van der Waals surface area contributed by atoms with E-state index in [0.717, 1.165) is 18.4 Å². The molecule has 0 aliphatic rings. The van der Waals surface area contributed by atoms with E-state index in [4.69, 9.17) is 10.2 Å². The second-order valence-electron chi connectivity index (χ2n) is 6.50. The monoisotopic (exact) mass is 372 g/mol. The van der Waals surface area contributed by atoms with E-state index in [-0.39, 0.29) is 11.5 Å². The van der Waals surface area contributed by atoms with E-state index in [1.165, 1.54) is 5.56 Å². The summed E-state index contributed by atoms with van der Waals surface area (Å²) in [5.74, 6) is 0.737. The highest BCUT2D eigenvalue weighted by molar-refractivity contribution is 5.78. The Bertz CT molecular complexity index is 1120. The average Bonchev–Trinajstić information content (AvgIpc) is 3.25. The highest BCUT2D eigenvalue weighted by Crippen LogP contribution is 2.29. The second kappa shape index (κ2) is 7.92. The molecule has 4 rings (SSSR count). The highest BCUT2D eigenvalue weighted by Gasteiger charge is 2.14. The molecule has 28 heavy (non-hydrogen) atoms. The van der Waals surface area contributed by atoms with Gasteiger partial charge in [-0.05, 0) is 42.2 Å². The van der Waals surface area contributed by atoms with Crippen LogP contribution in [0.1, 0.15) is 12.0 Å². The molecule has 0 unspecified atom stereocenters. The Balaban J connectivity index is 1.56. The molecule has 2 N–H and O–H groups in total. The van der Waals surface area contributed by atoms with Gasteiger partial charge in [0, 0.05) is 30.6 Å². The van der Waals surface area contributed by atoms with Gasteiger partial charge >= 0.3 is 0 Å². The SMILES string of the molecule is Nc1ncc(-c2ccn(CCCc3ccccc3)c(=O)c2)c(-c2ccco2)n1. The number of benzene rings is 1. The van der Waals surface area contributed by atoms with Gasteiger partial charge in [-0.1, -0.05) is 30.3 Å². The van der Waals surface area contributed by atoms with Gasteiger partial charge in [0.2, 0.25) is 5.95 Å². The molecular weight excluding hydrogens is 352 g/mol. The predicted octanol–water partition coefficient (Wildman–Crippen LogP) is 3.78. The van der Waals surface area contributed by atoms with Crippen LogP contribution < -0.4 is 11.3 Å². The fourth-order valence-electron chi connectivity index (χ4n) is 3.17. The van der Waals surface area contributed by atoms with Crippen LogP contribution in [0, 0.1) is 0 Å². The first-order valence-corrected chi connectivity index (χ1v) is 9.12. The molecule has 6 heteroatoms. The lowest BCUT2D eigenvalue weighted by Gasteiger charge is -2.10. The fourth-order valence-corrected chi connectivity index (χ4v) is 3.17. The third kappa shape index (κ3) is 3.86. The second-order valence-corrected chi connectivity index (χ2v) is 6.50. The summed E-state index contributed by atoms with van der Waals surface area (Å²) in [5, 5.41) is 0. The number of hydrogen-bond acceptors (Lipinski definition) is 5. The van der Waals surface area contributed by atoms with E-state index in [2.05, 4.69) is 22.1 Å². The molecule has 3 heterocycles. The predicted molar refractivity (Wildman–Crippen MR) is 109 cm³/mol. The Hall–Kier alpha value is -3.67. The summed E-state index contributed by atoms with van der Waals surface area (Å²) in [4.78, 5) is 21.0. The minimum Gasteiger partial charge on any atom is -0.463 e. The molecule has 0 spiro atoms. The smallest absolute Gasteiger partial charge is 0.251 e. The Labute approximate surface area is 162 Å². The minimum atomic E-state index is -0.0622. The summed E-state index contributed by atoms with van der Waals surface area (Å²) in [6, 6.07) is 17.3. The third-order valence-electron chi connectivity index (χ3n) is 4.58. The van der Waals surface area contributed by atoms with Crippen LogP contribution in [-0.2, 0) is 13.0 Å². The van der Waals surface area contributed by atoms with E-state index in [1.807, 2.05) is 30.5 Å². The van der Waals surface area contributed by atoms with Crippen LogP contribution in [0.15, 0.2) is 82.5 Å². The van der Waals surface area contributed by atoms with Gasteiger partial charge in [0.15, 0.2) is 5.76 Å². The van der Waals surface area contributed by atoms with Gasteiger partial charge in [-0.2, -0.15) is 0 Å². The van der Waals surface area contributed by atoms with Crippen molar-refractivity contribution in [3.05, 3.63) is 89.2 Å². The number of nitrogens with zero attached hydrogens (tertiary/aromatic N) is 3. The number of rotatable bonds is 6. The van der Waals surface area contributed by atoms with Gasteiger partial charge in [-0.25, -0.2) is 9.97 Å². The summed E-state index contributed by atoms with van der Waals surface area (Å²) in [6.45, 7) is 0.664. The zero-order valence-corrected chi connectivity index (χ0v) is 15.3. The van der Waals surface area contributed by atoms with Crippen molar-refractivity contribution >= 4 is 5.95 Å². The van der Waals surface area contributed by atoms with Crippen molar-refractivity contribution in [2.75, 3.05) is 5.73 Å². The van der Waals surface area contributed by atoms with E-state index in [0.29, 0.717) is 23.6 Å². The Morgan fingerprint density at radius 2 is 1.93 bits per heavy atom. The van der Waals surface area contributed by atoms with E-state index >= 15 is 0 Å². The standard InChI is InChI=1S/C22H20N4O2/c23-22-24-15-18(21(25-22)19-9-5-13-28-19)17-10-12-26(20(27)14-17)11-4-8-16-6-2-1-3-7-16/h1-3,5-7,9-10,12-15H,4,8,11H2,(H2,23,24,25). The molecule has 6 nitrogen and oxygen atoms in total. The van der Waals surface area contributed by atoms with Gasteiger partial charge in [0.25, 0.3) is 5.56 Å². The number of nitrogens with two attached hydrogens (primary N) is 1. The van der Waals surface area contributed by atoms with Crippen molar-refractivity contribution in [1.82, 2.24) is 14.5 Å².